The van der Waals surface area contributed by atoms with E-state index in [9.17, 15) is 31.1 Å². The van der Waals surface area contributed by atoms with Gasteiger partial charge in [0.25, 0.3) is 5.56 Å². The smallest absolute Gasteiger partial charge is 0.420 e. The van der Waals surface area contributed by atoms with Gasteiger partial charge in [0.1, 0.15) is 5.75 Å². The number of hydrogen-bond donors (Lipinski definition) is 3. The zero-order valence-corrected chi connectivity index (χ0v) is 19.2. The molecule has 2 aromatic carbocycles. The lowest BCUT2D eigenvalue weighted by molar-refractivity contribution is -0.138. The van der Waals surface area contributed by atoms with Gasteiger partial charge in [0.15, 0.2) is 0 Å². The van der Waals surface area contributed by atoms with Crippen LogP contribution in [0.1, 0.15) is 12.5 Å². The quantitative estimate of drug-likeness (QED) is 0.400. The molecule has 2 heterocycles. The Morgan fingerprint density at radius 1 is 1.03 bits per heavy atom. The monoisotopic (exact) mass is 526 g/mol. The molecule has 0 spiro atoms. The Hall–Kier alpha value is -3.91. The number of anilines is 1. The lowest BCUT2D eigenvalue weighted by Gasteiger charge is -2.22. The molecule has 0 atom stereocenters. The van der Waals surface area contributed by atoms with E-state index in [1.165, 1.54) is 18.1 Å². The molecule has 0 aliphatic carbocycles. The highest BCUT2D eigenvalue weighted by atomic mass is 19.4. The number of nitrogens with one attached hydrogen (secondary N) is 3. The van der Waals surface area contributed by atoms with E-state index in [1.807, 2.05) is 0 Å². The number of hydrogen-bond acceptors (Lipinski definition) is 8. The number of halogens is 6. The molecule has 0 amide bonds. The van der Waals surface area contributed by atoms with Crippen LogP contribution in [0.25, 0.3) is 22.3 Å². The van der Waals surface area contributed by atoms with Crippen LogP contribution in [0.2, 0.25) is 0 Å². The predicted octanol–water partition coefficient (Wildman–Crippen LogP) is 3.90. The van der Waals surface area contributed by atoms with E-state index in [0.29, 0.717) is 16.9 Å². The molecule has 1 aliphatic rings. The molecule has 1 aromatic heterocycles. The standard InChI is InChI=1S/C23H20F6N6O2/c1-2-37-20-8-19-18(7-16(20)23(27,28)29)33-21(36)9-17(32-19)13-4-3-5-14(6-13)35-15(11-31-34-35)10-30-12-22(24,25)26/h3-9,11,30-31,34H,2,10,12H2,1H3. The summed E-state index contributed by atoms with van der Waals surface area (Å²) in [5, 5.41) is 3.80. The number of nitrogens with zero attached hydrogens (tertiary/aromatic N) is 3. The van der Waals surface area contributed by atoms with E-state index in [1.54, 1.807) is 24.3 Å². The van der Waals surface area contributed by atoms with E-state index in [0.717, 1.165) is 18.2 Å². The summed E-state index contributed by atoms with van der Waals surface area (Å²) in [5.41, 5.74) is 4.87. The third-order valence-electron chi connectivity index (χ3n) is 5.15. The third kappa shape index (κ3) is 6.27. The Kier molecular flexibility index (Phi) is 7.23. The molecule has 0 saturated carbocycles. The highest BCUT2D eigenvalue weighted by molar-refractivity contribution is 5.79. The Labute approximate surface area is 205 Å². The molecule has 37 heavy (non-hydrogen) atoms. The van der Waals surface area contributed by atoms with Gasteiger partial charge in [-0.2, -0.15) is 26.3 Å². The second-order valence-electron chi connectivity index (χ2n) is 7.86. The number of alkyl halides is 6. The molecule has 0 unspecified atom stereocenters. The van der Waals surface area contributed by atoms with Crippen LogP contribution in [0.5, 0.6) is 5.75 Å². The fraction of sp³-hybridized carbons (Fsp3) is 0.261. The second kappa shape index (κ2) is 10.2. The summed E-state index contributed by atoms with van der Waals surface area (Å²) >= 11 is 0. The largest absolute Gasteiger partial charge is 0.493 e. The maximum atomic E-state index is 13.5. The average Bonchev–Trinajstić information content (AvgIpc) is 3.20. The molecule has 196 valence electrons. The summed E-state index contributed by atoms with van der Waals surface area (Å²) in [6.45, 7) is 0.238. The first-order valence-corrected chi connectivity index (χ1v) is 10.9. The first-order valence-electron chi connectivity index (χ1n) is 10.9. The Balaban J connectivity index is 1.71. The molecule has 0 fully saturated rings. The number of fused-ring (bicyclic) bond motifs is 1. The van der Waals surface area contributed by atoms with Crippen LogP contribution in [0.15, 0.2) is 59.2 Å². The third-order valence-corrected chi connectivity index (χ3v) is 5.15. The van der Waals surface area contributed by atoms with Crippen molar-refractivity contribution in [3.05, 3.63) is 70.3 Å². The molecule has 8 nitrogen and oxygen atoms in total. The van der Waals surface area contributed by atoms with Crippen molar-refractivity contribution in [2.45, 2.75) is 19.3 Å². The topological polar surface area (TPSA) is 91.4 Å². The van der Waals surface area contributed by atoms with Crippen LogP contribution >= 0.6 is 0 Å². The fourth-order valence-electron chi connectivity index (χ4n) is 3.62. The Morgan fingerprint density at radius 3 is 2.49 bits per heavy atom. The summed E-state index contributed by atoms with van der Waals surface area (Å²) < 4.78 is 83.1. The Morgan fingerprint density at radius 2 is 1.78 bits per heavy atom. The summed E-state index contributed by atoms with van der Waals surface area (Å²) in [7, 11) is 0. The lowest BCUT2D eigenvalue weighted by atomic mass is 10.1. The summed E-state index contributed by atoms with van der Waals surface area (Å²) in [6.07, 6.45) is -7.61. The van der Waals surface area contributed by atoms with Crippen LogP contribution in [-0.2, 0) is 6.18 Å². The van der Waals surface area contributed by atoms with Gasteiger partial charge in [-0.05, 0) is 25.1 Å². The predicted molar refractivity (Wildman–Crippen MR) is 123 cm³/mol. The van der Waals surface area contributed by atoms with Crippen molar-refractivity contribution in [3.8, 4) is 17.0 Å². The minimum absolute atomic E-state index is 0.0110. The second-order valence-corrected chi connectivity index (χ2v) is 7.86. The number of aromatic nitrogens is 2. The minimum Gasteiger partial charge on any atom is -0.493 e. The minimum atomic E-state index is -4.73. The van der Waals surface area contributed by atoms with Crippen molar-refractivity contribution in [2.75, 3.05) is 24.7 Å². The van der Waals surface area contributed by atoms with Gasteiger partial charge in [0.05, 0.1) is 46.8 Å². The van der Waals surface area contributed by atoms with Gasteiger partial charge in [-0.3, -0.25) is 9.80 Å². The lowest BCUT2D eigenvalue weighted by Crippen LogP contribution is -2.40. The molecule has 14 heteroatoms. The van der Waals surface area contributed by atoms with Gasteiger partial charge in [-0.15, -0.1) is 5.53 Å². The van der Waals surface area contributed by atoms with Crippen molar-refractivity contribution in [3.63, 3.8) is 0 Å². The van der Waals surface area contributed by atoms with Crippen molar-refractivity contribution < 1.29 is 31.1 Å². The van der Waals surface area contributed by atoms with Crippen LogP contribution in [0, 0.1) is 0 Å². The highest BCUT2D eigenvalue weighted by Crippen LogP contribution is 2.38. The average molecular weight is 526 g/mol. The molecular formula is C23H20F6N6O2. The molecule has 0 radical (unpaired) electrons. The van der Waals surface area contributed by atoms with E-state index >= 15 is 0 Å². The maximum absolute atomic E-state index is 13.5. The summed E-state index contributed by atoms with van der Waals surface area (Å²) in [4.78, 5) is 20.6. The first kappa shape index (κ1) is 26.2. The fourth-order valence-corrected chi connectivity index (χ4v) is 3.62. The van der Waals surface area contributed by atoms with Gasteiger partial charge < -0.3 is 15.5 Å². The maximum Gasteiger partial charge on any atom is 0.420 e. The SMILES string of the molecule is CCOc1cc2nc(-c3cccc(N4NNC=C4CNCC(F)(F)F)c3)cc(=O)nc2cc1C(F)(F)F. The van der Waals surface area contributed by atoms with Crippen LogP contribution in [-0.4, -0.2) is 35.8 Å². The van der Waals surface area contributed by atoms with Gasteiger partial charge in [0, 0.05) is 30.4 Å². The zero-order chi connectivity index (χ0) is 26.8. The molecular weight excluding hydrogens is 506 g/mol. The van der Waals surface area contributed by atoms with E-state index < -0.39 is 35.8 Å². The number of rotatable bonds is 7. The van der Waals surface area contributed by atoms with E-state index in [4.69, 9.17) is 4.74 Å². The zero-order valence-electron chi connectivity index (χ0n) is 19.2. The van der Waals surface area contributed by atoms with Gasteiger partial charge in [0.2, 0.25) is 0 Å². The molecule has 0 saturated heterocycles. The number of ether oxygens (including phenoxy) is 1. The van der Waals surface area contributed by atoms with Crippen molar-refractivity contribution in [2.24, 2.45) is 0 Å². The molecule has 3 aromatic rings. The van der Waals surface area contributed by atoms with Crippen LogP contribution in [0.3, 0.4) is 0 Å². The van der Waals surface area contributed by atoms with Gasteiger partial charge >= 0.3 is 12.4 Å². The summed E-state index contributed by atoms with van der Waals surface area (Å²) in [5.74, 6) is -0.441. The Bertz CT molecular complexity index is 1390. The molecule has 3 N–H and O–H groups in total. The normalized spacial score (nSPS) is 14.0. The van der Waals surface area contributed by atoms with Crippen LogP contribution in [0.4, 0.5) is 32.0 Å². The first-order chi connectivity index (χ1) is 17.4. The molecule has 0 bridgehead atoms. The van der Waals surface area contributed by atoms with E-state index in [2.05, 4.69) is 26.2 Å². The van der Waals surface area contributed by atoms with Crippen LogP contribution < -0.4 is 31.6 Å². The van der Waals surface area contributed by atoms with Crippen molar-refractivity contribution >= 4 is 16.7 Å². The van der Waals surface area contributed by atoms with E-state index in [-0.39, 0.29) is 29.9 Å². The summed E-state index contributed by atoms with van der Waals surface area (Å²) in [6, 6.07) is 9.43. The highest BCUT2D eigenvalue weighted by Gasteiger charge is 2.35. The number of benzene rings is 2. The molecule has 4 rings (SSSR count). The van der Waals surface area contributed by atoms with Gasteiger partial charge in [-0.1, -0.05) is 12.1 Å². The van der Waals surface area contributed by atoms with Crippen molar-refractivity contribution in [1.82, 2.24) is 26.2 Å². The molecule has 1 aliphatic heterocycles. The number of hydrazine groups is 2. The van der Waals surface area contributed by atoms with Gasteiger partial charge in [-0.25, -0.2) is 9.97 Å². The van der Waals surface area contributed by atoms with Crippen molar-refractivity contribution in [1.29, 1.82) is 0 Å².